The van der Waals surface area contributed by atoms with Gasteiger partial charge in [0.05, 0.1) is 10.0 Å². The molecule has 0 unspecified atom stereocenters. The first kappa shape index (κ1) is 20.9. The minimum atomic E-state index is -0.923. The minimum Gasteiger partial charge on any atom is -0.487 e. The molecular formula is C22H17Br2ClO3. The first-order chi connectivity index (χ1) is 13.4. The van der Waals surface area contributed by atoms with Gasteiger partial charge in [-0.05, 0) is 81.9 Å². The molecule has 0 spiro atoms. The molecule has 0 aliphatic rings. The molecule has 0 atom stereocenters. The lowest BCUT2D eigenvalue weighted by atomic mass is 10.0. The number of hydrogen-bond acceptors (Lipinski definition) is 2. The molecule has 0 aliphatic heterocycles. The van der Waals surface area contributed by atoms with Crippen LogP contribution in [0.15, 0.2) is 69.6 Å². The lowest BCUT2D eigenvalue weighted by Gasteiger charge is -2.15. The van der Waals surface area contributed by atoms with E-state index in [4.69, 9.17) is 21.4 Å². The highest BCUT2D eigenvalue weighted by molar-refractivity contribution is 9.10. The molecule has 6 heteroatoms. The predicted octanol–water partition coefficient (Wildman–Crippen LogP) is 6.93. The van der Waals surface area contributed by atoms with Crippen LogP contribution in [0.3, 0.4) is 0 Å². The second-order valence-electron chi connectivity index (χ2n) is 6.30. The van der Waals surface area contributed by atoms with Crippen molar-refractivity contribution in [3.8, 4) is 5.75 Å². The quantitative estimate of drug-likeness (QED) is 0.365. The molecule has 0 amide bonds. The van der Waals surface area contributed by atoms with Gasteiger partial charge in [0.1, 0.15) is 12.4 Å². The second kappa shape index (κ2) is 9.59. The Morgan fingerprint density at radius 3 is 2.39 bits per heavy atom. The van der Waals surface area contributed by atoms with Gasteiger partial charge in [-0.15, -0.1) is 0 Å². The number of rotatable bonds is 7. The summed E-state index contributed by atoms with van der Waals surface area (Å²) in [5.74, 6) is -0.153. The van der Waals surface area contributed by atoms with Crippen molar-refractivity contribution in [3.05, 3.63) is 96.9 Å². The number of ether oxygens (including phenoxy) is 1. The van der Waals surface area contributed by atoms with Crippen LogP contribution < -0.4 is 4.74 Å². The van der Waals surface area contributed by atoms with Crippen LogP contribution in [0.25, 0.3) is 0 Å². The van der Waals surface area contributed by atoms with Gasteiger partial charge >= 0.3 is 5.97 Å². The van der Waals surface area contributed by atoms with Crippen molar-refractivity contribution < 1.29 is 14.6 Å². The number of hydrogen-bond donors (Lipinski definition) is 1. The molecule has 144 valence electrons. The SMILES string of the molecule is O=C(O)c1ccc(CCc2cc(Cl)cc(Br)c2OCc2cccc(Br)c2)cc1. The standard InChI is InChI=1S/C22H17Br2ClO3/c23-18-3-1-2-15(10-18)13-28-21-17(11-19(25)12-20(21)24)9-6-14-4-7-16(8-5-14)22(26)27/h1-5,7-8,10-12H,6,9,13H2,(H,26,27). The summed E-state index contributed by atoms with van der Waals surface area (Å²) in [7, 11) is 0. The monoisotopic (exact) mass is 522 g/mol. The fourth-order valence-electron chi connectivity index (χ4n) is 2.84. The van der Waals surface area contributed by atoms with Crippen LogP contribution in [0.5, 0.6) is 5.75 Å². The Labute approximate surface area is 185 Å². The fraction of sp³-hybridized carbons (Fsp3) is 0.136. The van der Waals surface area contributed by atoms with Crippen LogP contribution in [0.2, 0.25) is 5.02 Å². The van der Waals surface area contributed by atoms with Gasteiger partial charge in [0, 0.05) is 9.50 Å². The Morgan fingerprint density at radius 1 is 0.964 bits per heavy atom. The molecule has 0 saturated heterocycles. The highest BCUT2D eigenvalue weighted by Crippen LogP contribution is 2.34. The molecule has 0 bridgehead atoms. The maximum absolute atomic E-state index is 11.0. The molecule has 0 fully saturated rings. The van der Waals surface area contributed by atoms with E-state index in [1.807, 2.05) is 48.5 Å². The summed E-state index contributed by atoms with van der Waals surface area (Å²) in [6.45, 7) is 0.444. The molecule has 28 heavy (non-hydrogen) atoms. The first-order valence-electron chi connectivity index (χ1n) is 8.60. The molecular weight excluding hydrogens is 508 g/mol. The lowest BCUT2D eigenvalue weighted by molar-refractivity contribution is 0.0697. The molecule has 0 saturated carbocycles. The molecule has 0 aromatic heterocycles. The summed E-state index contributed by atoms with van der Waals surface area (Å²) in [6.07, 6.45) is 1.47. The van der Waals surface area contributed by atoms with Crippen molar-refractivity contribution in [1.82, 2.24) is 0 Å². The van der Waals surface area contributed by atoms with E-state index in [2.05, 4.69) is 31.9 Å². The number of halogens is 3. The number of carboxylic acids is 1. The van der Waals surface area contributed by atoms with Gasteiger partial charge in [-0.25, -0.2) is 4.79 Å². The zero-order valence-corrected chi connectivity index (χ0v) is 18.7. The Hall–Kier alpha value is -1.82. The molecule has 0 radical (unpaired) electrons. The highest BCUT2D eigenvalue weighted by Gasteiger charge is 2.12. The Balaban J connectivity index is 1.75. The van der Waals surface area contributed by atoms with Gasteiger partial charge in [0.15, 0.2) is 0 Å². The normalized spacial score (nSPS) is 10.7. The summed E-state index contributed by atoms with van der Waals surface area (Å²) in [5, 5.41) is 9.65. The highest BCUT2D eigenvalue weighted by atomic mass is 79.9. The Morgan fingerprint density at radius 2 is 1.71 bits per heavy atom. The largest absolute Gasteiger partial charge is 0.487 e. The smallest absolute Gasteiger partial charge is 0.335 e. The van der Waals surface area contributed by atoms with E-state index in [1.54, 1.807) is 12.1 Å². The van der Waals surface area contributed by atoms with Crippen molar-refractivity contribution in [2.75, 3.05) is 0 Å². The molecule has 3 nitrogen and oxygen atoms in total. The van der Waals surface area contributed by atoms with Crippen LogP contribution in [-0.4, -0.2) is 11.1 Å². The van der Waals surface area contributed by atoms with Crippen LogP contribution in [0.1, 0.15) is 27.0 Å². The van der Waals surface area contributed by atoms with E-state index < -0.39 is 5.97 Å². The fourth-order valence-corrected chi connectivity index (χ4v) is 4.27. The number of aromatic carboxylic acids is 1. The maximum Gasteiger partial charge on any atom is 0.335 e. The van der Waals surface area contributed by atoms with E-state index in [0.717, 1.165) is 44.2 Å². The molecule has 0 aliphatic carbocycles. The van der Waals surface area contributed by atoms with E-state index in [-0.39, 0.29) is 5.56 Å². The van der Waals surface area contributed by atoms with Crippen LogP contribution in [0, 0.1) is 0 Å². The van der Waals surface area contributed by atoms with Crippen molar-refractivity contribution in [2.24, 2.45) is 0 Å². The Bertz CT molecular complexity index is 988. The van der Waals surface area contributed by atoms with Crippen molar-refractivity contribution in [3.63, 3.8) is 0 Å². The van der Waals surface area contributed by atoms with Crippen LogP contribution in [0.4, 0.5) is 0 Å². The predicted molar refractivity (Wildman–Crippen MR) is 118 cm³/mol. The lowest BCUT2D eigenvalue weighted by Crippen LogP contribution is -2.02. The summed E-state index contributed by atoms with van der Waals surface area (Å²) in [5.41, 5.74) is 3.40. The summed E-state index contributed by atoms with van der Waals surface area (Å²) in [4.78, 5) is 11.0. The molecule has 0 heterocycles. The third-order valence-electron chi connectivity index (χ3n) is 4.24. The third kappa shape index (κ3) is 5.60. The first-order valence-corrected chi connectivity index (χ1v) is 10.6. The summed E-state index contributed by atoms with van der Waals surface area (Å²) in [6, 6.07) is 18.6. The Kier molecular flexibility index (Phi) is 7.16. The van der Waals surface area contributed by atoms with E-state index in [9.17, 15) is 4.79 Å². The molecule has 3 aromatic carbocycles. The third-order valence-corrected chi connectivity index (χ3v) is 5.54. The van der Waals surface area contributed by atoms with Gasteiger partial charge in [-0.3, -0.25) is 0 Å². The number of carboxylic acid groups (broad SMARTS) is 1. The topological polar surface area (TPSA) is 46.5 Å². The zero-order valence-electron chi connectivity index (χ0n) is 14.8. The van der Waals surface area contributed by atoms with Crippen molar-refractivity contribution in [2.45, 2.75) is 19.4 Å². The zero-order chi connectivity index (χ0) is 20.1. The summed E-state index contributed by atoms with van der Waals surface area (Å²) < 4.78 is 7.92. The van der Waals surface area contributed by atoms with E-state index in [0.29, 0.717) is 11.6 Å². The van der Waals surface area contributed by atoms with Gasteiger partial charge < -0.3 is 9.84 Å². The molecule has 1 N–H and O–H groups in total. The van der Waals surface area contributed by atoms with Gasteiger partial charge in [-0.2, -0.15) is 0 Å². The average molecular weight is 525 g/mol. The van der Waals surface area contributed by atoms with Gasteiger partial charge in [-0.1, -0.05) is 51.8 Å². The number of benzene rings is 3. The van der Waals surface area contributed by atoms with E-state index >= 15 is 0 Å². The number of aryl methyl sites for hydroxylation is 2. The number of carbonyl (C=O) groups is 1. The van der Waals surface area contributed by atoms with Crippen molar-refractivity contribution in [1.29, 1.82) is 0 Å². The van der Waals surface area contributed by atoms with Gasteiger partial charge in [0.25, 0.3) is 0 Å². The molecule has 3 aromatic rings. The van der Waals surface area contributed by atoms with Gasteiger partial charge in [0.2, 0.25) is 0 Å². The second-order valence-corrected chi connectivity index (χ2v) is 8.50. The van der Waals surface area contributed by atoms with Crippen molar-refractivity contribution >= 4 is 49.4 Å². The summed E-state index contributed by atoms with van der Waals surface area (Å²) >= 11 is 13.3. The minimum absolute atomic E-state index is 0.285. The van der Waals surface area contributed by atoms with Crippen LogP contribution >= 0.6 is 43.5 Å². The van der Waals surface area contributed by atoms with E-state index in [1.165, 1.54) is 0 Å². The average Bonchev–Trinajstić information content (AvgIpc) is 2.65. The maximum atomic E-state index is 11.0. The molecule has 3 rings (SSSR count). The van der Waals surface area contributed by atoms with Crippen LogP contribution in [-0.2, 0) is 19.4 Å².